The van der Waals surface area contributed by atoms with Gasteiger partial charge in [0.25, 0.3) is 0 Å². The van der Waals surface area contributed by atoms with Gasteiger partial charge in [-0.25, -0.2) is 0 Å². The predicted molar refractivity (Wildman–Crippen MR) is 117 cm³/mol. The fraction of sp³-hybridized carbons (Fsp3) is 0.957. The van der Waals surface area contributed by atoms with Gasteiger partial charge in [-0.3, -0.25) is 4.79 Å². The van der Waals surface area contributed by atoms with Crippen LogP contribution in [0.3, 0.4) is 0 Å². The molecule has 0 bridgehead atoms. The Morgan fingerprint density at radius 3 is 2.50 bits per heavy atom. The molecule has 7 heteroatoms. The van der Waals surface area contributed by atoms with Crippen LogP contribution < -0.4 is 10.6 Å². The van der Waals surface area contributed by atoms with Crippen LogP contribution in [0.5, 0.6) is 0 Å². The van der Waals surface area contributed by atoms with E-state index < -0.39 is 11.6 Å². The van der Waals surface area contributed by atoms with Gasteiger partial charge in [-0.15, -0.1) is 0 Å². The molecule has 1 aliphatic heterocycles. The van der Waals surface area contributed by atoms with E-state index in [2.05, 4.69) is 10.6 Å². The quantitative estimate of drug-likeness (QED) is 0.263. The highest BCUT2D eigenvalue weighted by molar-refractivity contribution is 5.68. The molecule has 0 aromatic heterocycles. The molecule has 6 N–H and O–H groups in total. The molecule has 1 heterocycles. The zero-order chi connectivity index (χ0) is 22.1. The number of carboxylic acid groups (broad SMARTS) is 1. The van der Waals surface area contributed by atoms with Crippen molar-refractivity contribution in [3.05, 3.63) is 0 Å². The zero-order valence-corrected chi connectivity index (χ0v) is 18.9. The van der Waals surface area contributed by atoms with E-state index in [1.165, 1.54) is 0 Å². The first-order valence-electron chi connectivity index (χ1n) is 12.0. The van der Waals surface area contributed by atoms with Gasteiger partial charge in [-0.1, -0.05) is 26.2 Å². The maximum absolute atomic E-state index is 11.1. The monoisotopic (exact) mass is 428 g/mol. The van der Waals surface area contributed by atoms with E-state index in [1.54, 1.807) is 0 Å². The number of aliphatic carboxylic acids is 1. The fourth-order valence-corrected chi connectivity index (χ4v) is 5.36. The third kappa shape index (κ3) is 8.08. The van der Waals surface area contributed by atoms with Crippen molar-refractivity contribution < 1.29 is 25.2 Å². The molecular formula is C23H44N2O5. The van der Waals surface area contributed by atoms with Crippen LogP contribution in [0.15, 0.2) is 0 Å². The predicted octanol–water partition coefficient (Wildman–Crippen LogP) is 2.03. The first-order chi connectivity index (χ1) is 14.2. The highest BCUT2D eigenvalue weighted by Gasteiger charge is 2.36. The third-order valence-electron chi connectivity index (χ3n) is 7.29. The number of piperidine rings is 1. The van der Waals surface area contributed by atoms with Gasteiger partial charge in [-0.05, 0) is 70.3 Å². The molecule has 2 fully saturated rings. The Hall–Kier alpha value is -0.730. The minimum Gasteiger partial charge on any atom is -0.481 e. The fourth-order valence-electron chi connectivity index (χ4n) is 5.36. The van der Waals surface area contributed by atoms with E-state index in [-0.39, 0.29) is 24.7 Å². The largest absolute Gasteiger partial charge is 0.481 e. The van der Waals surface area contributed by atoms with E-state index in [0.29, 0.717) is 37.4 Å². The summed E-state index contributed by atoms with van der Waals surface area (Å²) in [5.74, 6) is -0.137. The van der Waals surface area contributed by atoms with Crippen molar-refractivity contribution in [2.75, 3.05) is 13.1 Å². The van der Waals surface area contributed by atoms with Gasteiger partial charge in [0.15, 0.2) is 0 Å². The summed E-state index contributed by atoms with van der Waals surface area (Å²) in [5.41, 5.74) is -1.18. The molecule has 2 rings (SSSR count). The first kappa shape index (κ1) is 25.5. The van der Waals surface area contributed by atoms with Crippen LogP contribution in [0.2, 0.25) is 0 Å². The summed E-state index contributed by atoms with van der Waals surface area (Å²) in [4.78, 5) is 11.1. The highest BCUT2D eigenvalue weighted by atomic mass is 16.4. The SMILES string of the molecule is CCNC[C@@](O)(CCCCC[C@@H]1CC[C@@H]([C@@H]2CC[C@@H](O)[C@H](C)N2)C[C@H]1O)CC(=O)O. The number of carbonyl (C=O) groups is 1. The summed E-state index contributed by atoms with van der Waals surface area (Å²) in [5, 5.41) is 46.8. The molecule has 7 atom stereocenters. The lowest BCUT2D eigenvalue weighted by Crippen LogP contribution is -2.53. The molecule has 0 aromatic rings. The molecule has 0 spiro atoms. The molecule has 176 valence electrons. The molecule has 7 nitrogen and oxygen atoms in total. The number of carboxylic acids is 1. The van der Waals surface area contributed by atoms with E-state index in [9.17, 15) is 20.1 Å². The highest BCUT2D eigenvalue weighted by Crippen LogP contribution is 2.36. The normalized spacial score (nSPS) is 34.4. The van der Waals surface area contributed by atoms with Crippen LogP contribution >= 0.6 is 0 Å². The smallest absolute Gasteiger partial charge is 0.306 e. The number of unbranched alkanes of at least 4 members (excludes halogenated alkanes) is 2. The van der Waals surface area contributed by atoms with Gasteiger partial charge in [0, 0.05) is 18.6 Å². The second kappa shape index (κ2) is 12.3. The standard InChI is InChI=1S/C23H44N2O5/c1-3-24-15-23(30,14-22(28)29)12-6-4-5-7-17-8-9-18(13-21(17)27)19-10-11-20(26)16(2)25-19/h16-21,24-27,30H,3-15H2,1-2H3,(H,28,29)/t16-,17+,18+,19-,20+,21+,23+/m0/s1. The summed E-state index contributed by atoms with van der Waals surface area (Å²) in [6.07, 6.45) is 8.32. The van der Waals surface area contributed by atoms with Gasteiger partial charge >= 0.3 is 5.97 Å². The van der Waals surface area contributed by atoms with Crippen LogP contribution in [0, 0.1) is 11.8 Å². The minimum absolute atomic E-state index is 0.130. The Labute approximate surface area is 181 Å². The number of likely N-dealkylation sites (N-methyl/N-ethyl adjacent to an activating group) is 1. The van der Waals surface area contributed by atoms with Crippen LogP contribution in [-0.2, 0) is 4.79 Å². The van der Waals surface area contributed by atoms with Gasteiger partial charge in [0.05, 0.1) is 24.2 Å². The Bertz CT molecular complexity index is 520. The van der Waals surface area contributed by atoms with E-state index in [0.717, 1.165) is 57.8 Å². The van der Waals surface area contributed by atoms with Crippen LogP contribution in [0.25, 0.3) is 0 Å². The lowest BCUT2D eigenvalue weighted by atomic mass is 9.73. The molecular weight excluding hydrogens is 384 g/mol. The van der Waals surface area contributed by atoms with Crippen molar-refractivity contribution in [3.63, 3.8) is 0 Å². The van der Waals surface area contributed by atoms with Crippen molar-refractivity contribution in [3.8, 4) is 0 Å². The number of hydrogen-bond donors (Lipinski definition) is 6. The molecule has 0 unspecified atom stereocenters. The molecule has 30 heavy (non-hydrogen) atoms. The van der Waals surface area contributed by atoms with Crippen molar-refractivity contribution in [1.29, 1.82) is 0 Å². The zero-order valence-electron chi connectivity index (χ0n) is 18.9. The van der Waals surface area contributed by atoms with Gasteiger partial charge in [0.2, 0.25) is 0 Å². The van der Waals surface area contributed by atoms with Crippen molar-refractivity contribution in [2.45, 2.75) is 114 Å². The van der Waals surface area contributed by atoms with Crippen LogP contribution in [-0.4, -0.2) is 69.4 Å². The van der Waals surface area contributed by atoms with E-state index in [1.807, 2.05) is 13.8 Å². The van der Waals surface area contributed by atoms with E-state index in [4.69, 9.17) is 5.11 Å². The molecule has 2 aliphatic rings. The van der Waals surface area contributed by atoms with Gasteiger partial charge in [0.1, 0.15) is 0 Å². The third-order valence-corrected chi connectivity index (χ3v) is 7.29. The molecule has 0 aromatic carbocycles. The lowest BCUT2D eigenvalue weighted by Gasteiger charge is -2.42. The molecule has 0 amide bonds. The lowest BCUT2D eigenvalue weighted by molar-refractivity contribution is -0.142. The van der Waals surface area contributed by atoms with Gasteiger partial charge in [-0.2, -0.15) is 0 Å². The summed E-state index contributed by atoms with van der Waals surface area (Å²) in [7, 11) is 0. The Morgan fingerprint density at radius 1 is 1.10 bits per heavy atom. The van der Waals surface area contributed by atoms with Crippen LogP contribution in [0.4, 0.5) is 0 Å². The van der Waals surface area contributed by atoms with E-state index >= 15 is 0 Å². The minimum atomic E-state index is -1.18. The Balaban J connectivity index is 1.66. The van der Waals surface area contributed by atoms with Crippen LogP contribution in [0.1, 0.15) is 84.5 Å². The summed E-state index contributed by atoms with van der Waals surface area (Å²) >= 11 is 0. The number of aliphatic hydroxyl groups is 3. The maximum Gasteiger partial charge on any atom is 0.306 e. The Kier molecular flexibility index (Phi) is 10.5. The number of aliphatic hydroxyl groups excluding tert-OH is 2. The molecule has 0 radical (unpaired) electrons. The number of nitrogens with one attached hydrogen (secondary N) is 2. The Morgan fingerprint density at radius 2 is 1.87 bits per heavy atom. The second-order valence-corrected chi connectivity index (χ2v) is 9.78. The van der Waals surface area contributed by atoms with Crippen molar-refractivity contribution in [2.24, 2.45) is 11.8 Å². The number of rotatable bonds is 12. The molecule has 1 saturated heterocycles. The van der Waals surface area contributed by atoms with Crippen molar-refractivity contribution in [1.82, 2.24) is 10.6 Å². The molecule has 1 saturated carbocycles. The average molecular weight is 429 g/mol. The molecule has 1 aliphatic carbocycles. The topological polar surface area (TPSA) is 122 Å². The average Bonchev–Trinajstić information content (AvgIpc) is 2.69. The summed E-state index contributed by atoms with van der Waals surface area (Å²) < 4.78 is 0. The first-order valence-corrected chi connectivity index (χ1v) is 12.0. The summed E-state index contributed by atoms with van der Waals surface area (Å²) in [6, 6.07) is 0.536. The second-order valence-electron chi connectivity index (χ2n) is 9.78. The number of hydrogen-bond acceptors (Lipinski definition) is 6. The van der Waals surface area contributed by atoms with Gasteiger partial charge < -0.3 is 31.1 Å². The summed E-state index contributed by atoms with van der Waals surface area (Å²) in [6.45, 7) is 4.99. The maximum atomic E-state index is 11.1. The van der Waals surface area contributed by atoms with Crippen molar-refractivity contribution >= 4 is 5.97 Å².